The minimum absolute atomic E-state index is 0.452. The van der Waals surface area contributed by atoms with Crippen molar-refractivity contribution >= 4 is 12.0 Å². The molecule has 1 aromatic rings. The predicted octanol–water partition coefficient (Wildman–Crippen LogP) is -0.443. The van der Waals surface area contributed by atoms with Crippen molar-refractivity contribution in [3.63, 3.8) is 0 Å². The van der Waals surface area contributed by atoms with E-state index in [2.05, 4.69) is 20.6 Å². The molecule has 4 N–H and O–H groups in total. The van der Waals surface area contributed by atoms with Gasteiger partial charge in [0, 0.05) is 25.5 Å². The molecule has 0 saturated heterocycles. The highest BCUT2D eigenvalue weighted by Gasteiger charge is 1.92. The third kappa shape index (κ3) is 3.90. The second-order valence-electron chi connectivity index (χ2n) is 2.29. The largest absolute Gasteiger partial charge is 0.352 e. The maximum atomic E-state index is 10.3. The van der Waals surface area contributed by atoms with E-state index in [0.29, 0.717) is 19.0 Å². The van der Waals surface area contributed by atoms with Crippen LogP contribution in [0.2, 0.25) is 0 Å². The maximum absolute atomic E-state index is 10.3. The Morgan fingerprint density at radius 1 is 1.38 bits per heavy atom. The number of amides is 2. The Bertz CT molecular complexity index is 263. The minimum Gasteiger partial charge on any atom is -0.352 e. The summed E-state index contributed by atoms with van der Waals surface area (Å²) in [4.78, 5) is 18.1. The van der Waals surface area contributed by atoms with E-state index < -0.39 is 6.03 Å². The number of urea groups is 1. The van der Waals surface area contributed by atoms with Gasteiger partial charge in [-0.3, -0.25) is 0 Å². The Morgan fingerprint density at radius 2 is 2.08 bits per heavy atom. The van der Waals surface area contributed by atoms with Gasteiger partial charge in [0.15, 0.2) is 0 Å². The molecular formula is C7H11N5O. The third-order valence-corrected chi connectivity index (χ3v) is 1.27. The number of primary amides is 1. The van der Waals surface area contributed by atoms with Crippen molar-refractivity contribution in [2.75, 3.05) is 18.4 Å². The van der Waals surface area contributed by atoms with Gasteiger partial charge in [-0.05, 0) is 6.07 Å². The molecule has 0 aromatic carbocycles. The summed E-state index contributed by atoms with van der Waals surface area (Å²) < 4.78 is 0. The number of carbonyl (C=O) groups is 1. The molecule has 0 aliphatic carbocycles. The summed E-state index contributed by atoms with van der Waals surface area (Å²) in [7, 11) is 0. The fraction of sp³-hybridized carbons (Fsp3) is 0.286. The number of hydrogen-bond acceptors (Lipinski definition) is 4. The quantitative estimate of drug-likeness (QED) is 0.549. The second kappa shape index (κ2) is 4.91. The van der Waals surface area contributed by atoms with E-state index in [0.717, 1.165) is 0 Å². The van der Waals surface area contributed by atoms with Gasteiger partial charge < -0.3 is 16.4 Å². The number of hydrogen-bond donors (Lipinski definition) is 3. The molecular weight excluding hydrogens is 170 g/mol. The van der Waals surface area contributed by atoms with Crippen LogP contribution in [0.4, 0.5) is 10.7 Å². The summed E-state index contributed by atoms with van der Waals surface area (Å²) in [6, 6.07) is 1.20. The van der Waals surface area contributed by atoms with E-state index in [-0.39, 0.29) is 0 Å². The van der Waals surface area contributed by atoms with Crippen molar-refractivity contribution in [3.8, 4) is 0 Å². The topological polar surface area (TPSA) is 92.9 Å². The fourth-order valence-corrected chi connectivity index (χ4v) is 0.750. The predicted molar refractivity (Wildman–Crippen MR) is 48.1 cm³/mol. The van der Waals surface area contributed by atoms with Crippen molar-refractivity contribution in [1.82, 2.24) is 15.3 Å². The minimum atomic E-state index is -0.532. The van der Waals surface area contributed by atoms with E-state index >= 15 is 0 Å². The smallest absolute Gasteiger partial charge is 0.312 e. The summed E-state index contributed by atoms with van der Waals surface area (Å²) in [5.74, 6) is 0.536. The van der Waals surface area contributed by atoms with Crippen LogP contribution in [0.25, 0.3) is 0 Å². The Kier molecular flexibility index (Phi) is 3.49. The molecule has 0 atom stereocenters. The highest BCUT2D eigenvalue weighted by Crippen LogP contribution is 1.91. The molecule has 0 bridgehead atoms. The highest BCUT2D eigenvalue weighted by atomic mass is 16.2. The monoisotopic (exact) mass is 181 g/mol. The molecule has 6 nitrogen and oxygen atoms in total. The number of rotatable bonds is 4. The number of nitrogens with two attached hydrogens (primary N) is 1. The maximum Gasteiger partial charge on any atom is 0.312 e. The van der Waals surface area contributed by atoms with Gasteiger partial charge in [0.05, 0.1) is 0 Å². The molecule has 0 spiro atoms. The molecule has 0 unspecified atom stereocenters. The van der Waals surface area contributed by atoms with Gasteiger partial charge in [-0.15, -0.1) is 0 Å². The van der Waals surface area contributed by atoms with Crippen LogP contribution in [0.1, 0.15) is 0 Å². The van der Waals surface area contributed by atoms with Gasteiger partial charge in [-0.2, -0.15) is 0 Å². The van der Waals surface area contributed by atoms with Gasteiger partial charge in [-0.1, -0.05) is 0 Å². The summed E-state index contributed by atoms with van der Waals surface area (Å²) >= 11 is 0. The van der Waals surface area contributed by atoms with Crippen LogP contribution in [-0.4, -0.2) is 29.1 Å². The zero-order chi connectivity index (χ0) is 9.52. The molecule has 1 rings (SSSR count). The van der Waals surface area contributed by atoms with Gasteiger partial charge >= 0.3 is 6.03 Å². The van der Waals surface area contributed by atoms with Gasteiger partial charge in [-0.25, -0.2) is 14.8 Å². The highest BCUT2D eigenvalue weighted by molar-refractivity contribution is 5.71. The van der Waals surface area contributed by atoms with Crippen molar-refractivity contribution < 1.29 is 4.79 Å². The lowest BCUT2D eigenvalue weighted by Gasteiger charge is -2.03. The zero-order valence-corrected chi connectivity index (χ0v) is 7.03. The van der Waals surface area contributed by atoms with Crippen molar-refractivity contribution in [2.45, 2.75) is 0 Å². The first-order valence-electron chi connectivity index (χ1n) is 3.83. The van der Waals surface area contributed by atoms with Crippen LogP contribution in [-0.2, 0) is 0 Å². The molecule has 2 amide bonds. The van der Waals surface area contributed by atoms with Crippen LogP contribution in [0, 0.1) is 0 Å². The Hall–Kier alpha value is -1.85. The first kappa shape index (κ1) is 9.24. The number of aromatic nitrogens is 2. The average Bonchev–Trinajstić information content (AvgIpc) is 2.14. The van der Waals surface area contributed by atoms with Crippen LogP contribution >= 0.6 is 0 Å². The van der Waals surface area contributed by atoms with E-state index in [4.69, 9.17) is 5.73 Å². The van der Waals surface area contributed by atoms with Gasteiger partial charge in [0.25, 0.3) is 0 Å². The van der Waals surface area contributed by atoms with E-state index in [1.807, 2.05) is 0 Å². The SMILES string of the molecule is NC(=O)NCCNc1ncccn1. The standard InChI is InChI=1S/C7H11N5O/c8-6(13)9-4-5-12-7-10-2-1-3-11-7/h1-3H,4-5H2,(H3,8,9,13)(H,10,11,12). The number of carbonyl (C=O) groups excluding carboxylic acids is 1. The Balaban J connectivity index is 2.17. The van der Waals surface area contributed by atoms with Crippen LogP contribution in [0.3, 0.4) is 0 Å². The van der Waals surface area contributed by atoms with E-state index in [9.17, 15) is 4.79 Å². The van der Waals surface area contributed by atoms with E-state index in [1.54, 1.807) is 18.5 Å². The molecule has 70 valence electrons. The summed E-state index contributed by atoms with van der Waals surface area (Å²) in [6.45, 7) is 1.00. The van der Waals surface area contributed by atoms with Crippen molar-refractivity contribution in [2.24, 2.45) is 5.73 Å². The van der Waals surface area contributed by atoms with Gasteiger partial charge in [0.2, 0.25) is 5.95 Å². The summed E-state index contributed by atoms with van der Waals surface area (Å²) in [6.07, 6.45) is 3.27. The number of anilines is 1. The lowest BCUT2D eigenvalue weighted by Crippen LogP contribution is -2.33. The lowest BCUT2D eigenvalue weighted by molar-refractivity contribution is 0.249. The van der Waals surface area contributed by atoms with Crippen LogP contribution in [0.15, 0.2) is 18.5 Å². The molecule has 1 heterocycles. The van der Waals surface area contributed by atoms with E-state index in [1.165, 1.54) is 0 Å². The second-order valence-corrected chi connectivity index (χ2v) is 2.29. The number of nitrogens with zero attached hydrogens (tertiary/aromatic N) is 2. The first-order chi connectivity index (χ1) is 6.29. The molecule has 13 heavy (non-hydrogen) atoms. The van der Waals surface area contributed by atoms with Gasteiger partial charge in [0.1, 0.15) is 0 Å². The molecule has 1 aromatic heterocycles. The molecule has 6 heteroatoms. The van der Waals surface area contributed by atoms with Crippen LogP contribution in [0.5, 0.6) is 0 Å². The molecule has 0 radical (unpaired) electrons. The zero-order valence-electron chi connectivity index (χ0n) is 7.03. The fourth-order valence-electron chi connectivity index (χ4n) is 0.750. The third-order valence-electron chi connectivity index (χ3n) is 1.27. The Labute approximate surface area is 75.6 Å². The normalized spacial score (nSPS) is 9.23. The molecule has 0 saturated carbocycles. The molecule has 0 fully saturated rings. The number of nitrogens with one attached hydrogen (secondary N) is 2. The van der Waals surface area contributed by atoms with Crippen molar-refractivity contribution in [3.05, 3.63) is 18.5 Å². The van der Waals surface area contributed by atoms with Crippen molar-refractivity contribution in [1.29, 1.82) is 0 Å². The van der Waals surface area contributed by atoms with Crippen LogP contribution < -0.4 is 16.4 Å². The Morgan fingerprint density at radius 3 is 2.69 bits per heavy atom. The summed E-state index contributed by atoms with van der Waals surface area (Å²) in [5, 5.41) is 5.34. The lowest BCUT2D eigenvalue weighted by atomic mass is 10.6. The average molecular weight is 181 g/mol. The molecule has 0 aliphatic rings. The first-order valence-corrected chi connectivity index (χ1v) is 3.83. The summed E-state index contributed by atoms with van der Waals surface area (Å²) in [5.41, 5.74) is 4.86. The molecule has 0 aliphatic heterocycles.